The standard InChI is InChI=1S/C19H27N3O3/c1-21-8-7-16(13-18(21)23)19(24)20-17(15-5-3-2-4-6-15)14-22-9-11-25-12-10-22/h2-6,16-17H,7-14H2,1H3,(H,20,24)/t16-,17+/m1/s1. The molecule has 2 aliphatic rings. The van der Waals surface area contributed by atoms with Gasteiger partial charge in [-0.3, -0.25) is 14.5 Å². The van der Waals surface area contributed by atoms with Crippen LogP contribution in [-0.4, -0.2) is 68.1 Å². The number of ether oxygens (including phenoxy) is 1. The number of carbonyl (C=O) groups excluding carboxylic acids is 2. The van der Waals surface area contributed by atoms with E-state index >= 15 is 0 Å². The van der Waals surface area contributed by atoms with Crippen LogP contribution in [-0.2, 0) is 14.3 Å². The van der Waals surface area contributed by atoms with Crippen LogP contribution >= 0.6 is 0 Å². The highest BCUT2D eigenvalue weighted by Gasteiger charge is 2.30. The Bertz CT molecular complexity index is 587. The molecule has 0 spiro atoms. The van der Waals surface area contributed by atoms with Crippen LogP contribution in [0.1, 0.15) is 24.4 Å². The van der Waals surface area contributed by atoms with Crippen LogP contribution in [0.25, 0.3) is 0 Å². The average molecular weight is 345 g/mol. The lowest BCUT2D eigenvalue weighted by Gasteiger charge is -2.33. The van der Waals surface area contributed by atoms with E-state index in [2.05, 4.69) is 10.2 Å². The van der Waals surface area contributed by atoms with Gasteiger partial charge in [-0.2, -0.15) is 0 Å². The van der Waals surface area contributed by atoms with E-state index < -0.39 is 0 Å². The van der Waals surface area contributed by atoms with Gasteiger partial charge in [0.2, 0.25) is 11.8 Å². The SMILES string of the molecule is CN1CC[C@@H](C(=O)N[C@@H](CN2CCOCC2)c2ccccc2)CC1=O. The summed E-state index contributed by atoms with van der Waals surface area (Å²) in [5, 5.41) is 3.19. The van der Waals surface area contributed by atoms with Crippen LogP contribution in [0.3, 0.4) is 0 Å². The number of benzene rings is 1. The van der Waals surface area contributed by atoms with Crippen molar-refractivity contribution in [3.8, 4) is 0 Å². The Morgan fingerprint density at radius 1 is 1.24 bits per heavy atom. The van der Waals surface area contributed by atoms with Gasteiger partial charge in [0.1, 0.15) is 0 Å². The summed E-state index contributed by atoms with van der Waals surface area (Å²) in [7, 11) is 1.79. The summed E-state index contributed by atoms with van der Waals surface area (Å²) in [6, 6.07) is 9.99. The summed E-state index contributed by atoms with van der Waals surface area (Å²) in [5.74, 6) is -0.181. The van der Waals surface area contributed by atoms with Crippen LogP contribution in [0.4, 0.5) is 0 Å². The quantitative estimate of drug-likeness (QED) is 0.866. The molecule has 2 fully saturated rings. The fourth-order valence-electron chi connectivity index (χ4n) is 3.42. The van der Waals surface area contributed by atoms with Crippen LogP contribution in [0, 0.1) is 5.92 Å². The summed E-state index contributed by atoms with van der Waals surface area (Å²) < 4.78 is 5.41. The first kappa shape index (κ1) is 17.9. The van der Waals surface area contributed by atoms with Gasteiger partial charge < -0.3 is 15.0 Å². The highest BCUT2D eigenvalue weighted by atomic mass is 16.5. The monoisotopic (exact) mass is 345 g/mol. The van der Waals surface area contributed by atoms with Crippen molar-refractivity contribution in [3.05, 3.63) is 35.9 Å². The van der Waals surface area contributed by atoms with E-state index in [-0.39, 0.29) is 23.8 Å². The second kappa shape index (κ2) is 8.45. The van der Waals surface area contributed by atoms with Gasteiger partial charge >= 0.3 is 0 Å². The maximum Gasteiger partial charge on any atom is 0.224 e. The topological polar surface area (TPSA) is 61.9 Å². The van der Waals surface area contributed by atoms with E-state index in [1.54, 1.807) is 11.9 Å². The molecule has 25 heavy (non-hydrogen) atoms. The predicted octanol–water partition coefficient (Wildman–Crippen LogP) is 1.04. The van der Waals surface area contributed by atoms with Crippen LogP contribution in [0.2, 0.25) is 0 Å². The number of hydrogen-bond acceptors (Lipinski definition) is 4. The molecule has 1 N–H and O–H groups in total. The molecule has 0 aromatic heterocycles. The second-order valence-electron chi connectivity index (χ2n) is 6.89. The van der Waals surface area contributed by atoms with Gasteiger partial charge in [-0.25, -0.2) is 0 Å². The first-order valence-electron chi connectivity index (χ1n) is 9.03. The lowest BCUT2D eigenvalue weighted by atomic mass is 9.94. The van der Waals surface area contributed by atoms with E-state index in [1.165, 1.54) is 0 Å². The Morgan fingerprint density at radius 2 is 1.96 bits per heavy atom. The molecule has 0 radical (unpaired) electrons. The van der Waals surface area contributed by atoms with Crippen molar-refractivity contribution in [2.45, 2.75) is 18.9 Å². The fraction of sp³-hybridized carbons (Fsp3) is 0.579. The van der Waals surface area contributed by atoms with Gasteiger partial charge in [0.25, 0.3) is 0 Å². The number of nitrogens with zero attached hydrogens (tertiary/aromatic N) is 2. The summed E-state index contributed by atoms with van der Waals surface area (Å²) in [5.41, 5.74) is 1.10. The molecule has 1 aromatic rings. The molecule has 2 saturated heterocycles. The van der Waals surface area contributed by atoms with Crippen LogP contribution in [0.5, 0.6) is 0 Å². The van der Waals surface area contributed by atoms with Gasteiger partial charge in [0.05, 0.1) is 19.3 Å². The van der Waals surface area contributed by atoms with E-state index in [1.807, 2.05) is 30.3 Å². The first-order valence-corrected chi connectivity index (χ1v) is 9.03. The molecular weight excluding hydrogens is 318 g/mol. The third-order valence-corrected chi connectivity index (χ3v) is 5.09. The number of amides is 2. The average Bonchev–Trinajstić information content (AvgIpc) is 2.65. The van der Waals surface area contributed by atoms with Crippen molar-refractivity contribution in [2.75, 3.05) is 46.4 Å². The van der Waals surface area contributed by atoms with E-state index in [0.29, 0.717) is 13.0 Å². The third kappa shape index (κ3) is 4.80. The van der Waals surface area contributed by atoms with Gasteiger partial charge in [0.15, 0.2) is 0 Å². The first-order chi connectivity index (χ1) is 12.1. The zero-order valence-electron chi connectivity index (χ0n) is 14.8. The molecule has 3 rings (SSSR count). The molecule has 6 nitrogen and oxygen atoms in total. The number of piperidine rings is 1. The minimum Gasteiger partial charge on any atom is -0.379 e. The lowest BCUT2D eigenvalue weighted by molar-refractivity contribution is -0.139. The smallest absolute Gasteiger partial charge is 0.224 e. The maximum atomic E-state index is 12.8. The van der Waals surface area contributed by atoms with Crippen molar-refractivity contribution in [2.24, 2.45) is 5.92 Å². The molecule has 0 unspecified atom stereocenters. The molecular formula is C19H27N3O3. The van der Waals surface area contributed by atoms with E-state index in [9.17, 15) is 9.59 Å². The summed E-state index contributed by atoms with van der Waals surface area (Å²) in [6.07, 6.45) is 1.04. The predicted molar refractivity (Wildman–Crippen MR) is 94.9 cm³/mol. The van der Waals surface area contributed by atoms with Crippen molar-refractivity contribution in [3.63, 3.8) is 0 Å². The van der Waals surface area contributed by atoms with E-state index in [0.717, 1.165) is 44.8 Å². The molecule has 0 saturated carbocycles. The van der Waals surface area contributed by atoms with Gasteiger partial charge in [0, 0.05) is 45.6 Å². The van der Waals surface area contributed by atoms with Gasteiger partial charge in [-0.05, 0) is 12.0 Å². The number of likely N-dealkylation sites (tertiary alicyclic amines) is 1. The number of rotatable bonds is 5. The highest BCUT2D eigenvalue weighted by molar-refractivity contribution is 5.87. The van der Waals surface area contributed by atoms with E-state index in [4.69, 9.17) is 4.74 Å². The Hall–Kier alpha value is -1.92. The normalized spacial score (nSPS) is 23.3. The molecule has 136 valence electrons. The molecule has 2 heterocycles. The van der Waals surface area contributed by atoms with Crippen molar-refractivity contribution in [1.29, 1.82) is 0 Å². The third-order valence-electron chi connectivity index (χ3n) is 5.09. The Labute approximate surface area is 149 Å². The lowest BCUT2D eigenvalue weighted by Crippen LogP contribution is -2.46. The number of morpholine rings is 1. The Kier molecular flexibility index (Phi) is 6.04. The van der Waals surface area contributed by atoms with Gasteiger partial charge in [-0.15, -0.1) is 0 Å². The molecule has 0 aliphatic carbocycles. The van der Waals surface area contributed by atoms with Crippen molar-refractivity contribution >= 4 is 11.8 Å². The van der Waals surface area contributed by atoms with Crippen LogP contribution < -0.4 is 5.32 Å². The maximum absolute atomic E-state index is 12.8. The van der Waals surface area contributed by atoms with Crippen molar-refractivity contribution in [1.82, 2.24) is 15.1 Å². The highest BCUT2D eigenvalue weighted by Crippen LogP contribution is 2.21. The molecule has 6 heteroatoms. The molecule has 0 bridgehead atoms. The summed E-state index contributed by atoms with van der Waals surface area (Å²) >= 11 is 0. The minimum atomic E-state index is -0.223. The Balaban J connectivity index is 1.66. The summed E-state index contributed by atoms with van der Waals surface area (Å²) in [4.78, 5) is 28.7. The number of nitrogens with one attached hydrogen (secondary N) is 1. The minimum absolute atomic E-state index is 0.0106. The van der Waals surface area contributed by atoms with Crippen LogP contribution in [0.15, 0.2) is 30.3 Å². The Morgan fingerprint density at radius 3 is 2.64 bits per heavy atom. The number of hydrogen-bond donors (Lipinski definition) is 1. The fourth-order valence-corrected chi connectivity index (χ4v) is 3.42. The molecule has 2 atom stereocenters. The zero-order valence-corrected chi connectivity index (χ0v) is 14.8. The zero-order chi connectivity index (χ0) is 17.6. The molecule has 2 aliphatic heterocycles. The van der Waals surface area contributed by atoms with Crippen molar-refractivity contribution < 1.29 is 14.3 Å². The van der Waals surface area contributed by atoms with Gasteiger partial charge in [-0.1, -0.05) is 30.3 Å². The molecule has 1 aromatic carbocycles. The number of carbonyl (C=O) groups is 2. The molecule has 2 amide bonds. The largest absolute Gasteiger partial charge is 0.379 e. The summed E-state index contributed by atoms with van der Waals surface area (Å²) in [6.45, 7) is 4.64. The second-order valence-corrected chi connectivity index (χ2v) is 6.89.